The molecule has 0 spiro atoms. The molecule has 8 nitrogen and oxygen atoms in total. The van der Waals surface area contributed by atoms with E-state index in [1.807, 2.05) is 11.5 Å². The van der Waals surface area contributed by atoms with Crippen LogP contribution in [0, 0.1) is 10.1 Å². The van der Waals surface area contributed by atoms with E-state index in [0.717, 1.165) is 12.4 Å². The summed E-state index contributed by atoms with van der Waals surface area (Å²) in [5.74, 6) is 1.49. The van der Waals surface area contributed by atoms with E-state index in [1.165, 1.54) is 12.1 Å². The smallest absolute Gasteiger partial charge is 0.269 e. The quantitative estimate of drug-likeness (QED) is 0.448. The average molecular weight is 291 g/mol. The van der Waals surface area contributed by atoms with E-state index >= 15 is 0 Å². The van der Waals surface area contributed by atoms with Gasteiger partial charge in [0, 0.05) is 25.2 Å². The average Bonchev–Trinajstić information content (AvgIpc) is 2.95. The molecule has 0 saturated heterocycles. The second-order valence-corrected chi connectivity index (χ2v) is 4.31. The molecular weight excluding hydrogens is 274 g/mol. The molecule has 1 aromatic carbocycles. The second-order valence-electron chi connectivity index (χ2n) is 4.31. The molecular formula is C13H17N5O3. The summed E-state index contributed by atoms with van der Waals surface area (Å²) in [6.07, 6.45) is 1.70. The summed E-state index contributed by atoms with van der Waals surface area (Å²) in [4.78, 5) is 10.1. The highest BCUT2D eigenvalue weighted by Crippen LogP contribution is 2.16. The maximum atomic E-state index is 10.5. The third-order valence-electron chi connectivity index (χ3n) is 2.91. The number of benzene rings is 1. The number of hydrogen-bond acceptors (Lipinski definition) is 6. The van der Waals surface area contributed by atoms with Gasteiger partial charge in [0.2, 0.25) is 0 Å². The minimum Gasteiger partial charge on any atom is -0.492 e. The van der Waals surface area contributed by atoms with Crippen LogP contribution < -0.4 is 10.1 Å². The van der Waals surface area contributed by atoms with Crippen molar-refractivity contribution in [2.75, 3.05) is 13.2 Å². The Balaban J connectivity index is 1.69. The Morgan fingerprint density at radius 3 is 2.81 bits per heavy atom. The van der Waals surface area contributed by atoms with E-state index in [0.29, 0.717) is 25.4 Å². The third kappa shape index (κ3) is 4.25. The van der Waals surface area contributed by atoms with E-state index in [-0.39, 0.29) is 5.69 Å². The number of nitrogens with one attached hydrogen (secondary N) is 1. The van der Waals surface area contributed by atoms with Crippen LogP contribution in [0.4, 0.5) is 5.69 Å². The van der Waals surface area contributed by atoms with Gasteiger partial charge in [0.25, 0.3) is 5.69 Å². The number of nitro groups is 1. The first-order valence-electron chi connectivity index (χ1n) is 6.65. The summed E-state index contributed by atoms with van der Waals surface area (Å²) in [5.41, 5.74) is 0.0550. The summed E-state index contributed by atoms with van der Waals surface area (Å²) in [7, 11) is 0. The number of aromatic nitrogens is 3. The van der Waals surface area contributed by atoms with Crippen molar-refractivity contribution >= 4 is 5.69 Å². The van der Waals surface area contributed by atoms with Crippen LogP contribution in [0.15, 0.2) is 30.6 Å². The first kappa shape index (κ1) is 14.9. The number of aryl methyl sites for hydroxylation is 1. The summed E-state index contributed by atoms with van der Waals surface area (Å²) >= 11 is 0. The lowest BCUT2D eigenvalue weighted by Crippen LogP contribution is -2.22. The zero-order chi connectivity index (χ0) is 15.1. The highest BCUT2D eigenvalue weighted by atomic mass is 16.6. The van der Waals surface area contributed by atoms with Crippen molar-refractivity contribution in [3.05, 3.63) is 46.5 Å². The molecule has 0 aliphatic heterocycles. The largest absolute Gasteiger partial charge is 0.492 e. The van der Waals surface area contributed by atoms with Crippen molar-refractivity contribution in [2.45, 2.75) is 20.0 Å². The Morgan fingerprint density at radius 1 is 1.38 bits per heavy atom. The molecule has 2 rings (SSSR count). The Bertz CT molecular complexity index is 582. The Morgan fingerprint density at radius 2 is 2.14 bits per heavy atom. The Labute approximate surface area is 121 Å². The molecule has 0 aliphatic carbocycles. The fraction of sp³-hybridized carbons (Fsp3) is 0.385. The van der Waals surface area contributed by atoms with Gasteiger partial charge in [-0.25, -0.2) is 0 Å². The SMILES string of the molecule is CCn1cnnc1CNCCOc1ccc([N+](=O)[O-])cc1. The van der Waals surface area contributed by atoms with Gasteiger partial charge in [-0.15, -0.1) is 10.2 Å². The van der Waals surface area contributed by atoms with E-state index < -0.39 is 4.92 Å². The lowest BCUT2D eigenvalue weighted by Gasteiger charge is -2.07. The summed E-state index contributed by atoms with van der Waals surface area (Å²) in [6.45, 7) is 4.61. The van der Waals surface area contributed by atoms with Gasteiger partial charge in [0.1, 0.15) is 24.5 Å². The summed E-state index contributed by atoms with van der Waals surface area (Å²) in [6, 6.07) is 6.02. The molecule has 0 aliphatic rings. The van der Waals surface area contributed by atoms with Gasteiger partial charge in [0.15, 0.2) is 0 Å². The molecule has 0 fully saturated rings. The highest BCUT2D eigenvalue weighted by Gasteiger charge is 2.04. The highest BCUT2D eigenvalue weighted by molar-refractivity contribution is 5.35. The standard InChI is InChI=1S/C13H17N5O3/c1-2-17-10-15-16-13(17)9-14-7-8-21-12-5-3-11(4-6-12)18(19)20/h3-6,10,14H,2,7-9H2,1H3. The predicted octanol–water partition coefficient (Wildman–Crippen LogP) is 1.37. The van der Waals surface area contributed by atoms with E-state index in [4.69, 9.17) is 4.74 Å². The maximum Gasteiger partial charge on any atom is 0.269 e. The van der Waals surface area contributed by atoms with Crippen LogP contribution >= 0.6 is 0 Å². The Kier molecular flexibility index (Phi) is 5.22. The van der Waals surface area contributed by atoms with Crippen LogP contribution in [0.3, 0.4) is 0 Å². The van der Waals surface area contributed by atoms with Crippen molar-refractivity contribution in [3.8, 4) is 5.75 Å². The second kappa shape index (κ2) is 7.34. The lowest BCUT2D eigenvalue weighted by atomic mass is 10.3. The van der Waals surface area contributed by atoms with Crippen LogP contribution in [-0.2, 0) is 13.1 Å². The van der Waals surface area contributed by atoms with E-state index in [1.54, 1.807) is 18.5 Å². The van der Waals surface area contributed by atoms with Gasteiger partial charge >= 0.3 is 0 Å². The van der Waals surface area contributed by atoms with Gasteiger partial charge in [-0.3, -0.25) is 10.1 Å². The Hall–Kier alpha value is -2.48. The normalized spacial score (nSPS) is 10.5. The fourth-order valence-electron chi connectivity index (χ4n) is 1.79. The topological polar surface area (TPSA) is 95.1 Å². The number of hydrogen-bond donors (Lipinski definition) is 1. The first-order chi connectivity index (χ1) is 10.2. The molecule has 1 heterocycles. The van der Waals surface area contributed by atoms with Gasteiger partial charge in [-0.05, 0) is 19.1 Å². The van der Waals surface area contributed by atoms with Crippen LogP contribution in [0.25, 0.3) is 0 Å². The third-order valence-corrected chi connectivity index (χ3v) is 2.91. The molecule has 0 bridgehead atoms. The molecule has 1 N–H and O–H groups in total. The first-order valence-corrected chi connectivity index (χ1v) is 6.65. The van der Waals surface area contributed by atoms with Crippen molar-refractivity contribution < 1.29 is 9.66 Å². The number of rotatable bonds is 8. The summed E-state index contributed by atoms with van der Waals surface area (Å²) < 4.78 is 7.45. The fourth-order valence-corrected chi connectivity index (χ4v) is 1.79. The zero-order valence-electron chi connectivity index (χ0n) is 11.7. The molecule has 0 saturated carbocycles. The number of non-ortho nitro benzene ring substituents is 1. The van der Waals surface area contributed by atoms with Gasteiger partial charge in [0.05, 0.1) is 11.5 Å². The van der Waals surface area contributed by atoms with Gasteiger partial charge in [-0.1, -0.05) is 0 Å². The van der Waals surface area contributed by atoms with Crippen molar-refractivity contribution in [3.63, 3.8) is 0 Å². The molecule has 0 radical (unpaired) electrons. The van der Waals surface area contributed by atoms with Gasteiger partial charge in [-0.2, -0.15) is 0 Å². The number of nitrogens with zero attached hydrogens (tertiary/aromatic N) is 4. The zero-order valence-corrected chi connectivity index (χ0v) is 11.7. The lowest BCUT2D eigenvalue weighted by molar-refractivity contribution is -0.384. The summed E-state index contributed by atoms with van der Waals surface area (Å²) in [5, 5.41) is 21.6. The minimum absolute atomic E-state index is 0.0550. The van der Waals surface area contributed by atoms with Crippen molar-refractivity contribution in [1.82, 2.24) is 20.1 Å². The van der Waals surface area contributed by atoms with Crippen LogP contribution in [0.2, 0.25) is 0 Å². The molecule has 112 valence electrons. The van der Waals surface area contributed by atoms with E-state index in [9.17, 15) is 10.1 Å². The van der Waals surface area contributed by atoms with Gasteiger partial charge < -0.3 is 14.6 Å². The number of ether oxygens (including phenoxy) is 1. The molecule has 0 amide bonds. The van der Waals surface area contributed by atoms with Crippen molar-refractivity contribution in [1.29, 1.82) is 0 Å². The van der Waals surface area contributed by atoms with Crippen molar-refractivity contribution in [2.24, 2.45) is 0 Å². The molecule has 0 atom stereocenters. The maximum absolute atomic E-state index is 10.5. The molecule has 0 unspecified atom stereocenters. The van der Waals surface area contributed by atoms with Crippen LogP contribution in [-0.4, -0.2) is 32.8 Å². The van der Waals surface area contributed by atoms with Crippen LogP contribution in [0.5, 0.6) is 5.75 Å². The van der Waals surface area contributed by atoms with E-state index in [2.05, 4.69) is 15.5 Å². The molecule has 1 aromatic heterocycles. The predicted molar refractivity (Wildman–Crippen MR) is 76.0 cm³/mol. The molecule has 2 aromatic rings. The monoisotopic (exact) mass is 291 g/mol. The van der Waals surface area contributed by atoms with Crippen LogP contribution in [0.1, 0.15) is 12.7 Å². The number of nitro benzene ring substituents is 1. The molecule has 21 heavy (non-hydrogen) atoms. The minimum atomic E-state index is -0.435. The molecule has 8 heteroatoms.